The molecule has 0 aliphatic carbocycles. The second-order valence-electron chi connectivity index (χ2n) is 9.79. The fourth-order valence-corrected chi connectivity index (χ4v) is 5.18. The van der Waals surface area contributed by atoms with Crippen molar-refractivity contribution in [3.8, 4) is 11.5 Å². The van der Waals surface area contributed by atoms with Crippen molar-refractivity contribution in [1.82, 2.24) is 20.0 Å². The molecule has 7 nitrogen and oxygen atoms in total. The third kappa shape index (κ3) is 6.72. The molecule has 0 spiro atoms. The predicted octanol–water partition coefficient (Wildman–Crippen LogP) is 2.40. The highest BCUT2D eigenvalue weighted by Crippen LogP contribution is 2.26. The van der Waals surface area contributed by atoms with E-state index in [1.54, 1.807) is 19.2 Å². The minimum atomic E-state index is -0.0435. The number of ether oxygens (including phenoxy) is 1. The van der Waals surface area contributed by atoms with Crippen LogP contribution >= 0.6 is 0 Å². The molecule has 2 saturated heterocycles. The maximum Gasteiger partial charge on any atom is 0.224 e. The zero-order chi connectivity index (χ0) is 23.9. The van der Waals surface area contributed by atoms with Crippen LogP contribution in [-0.2, 0) is 17.9 Å². The van der Waals surface area contributed by atoms with Crippen molar-refractivity contribution in [2.45, 2.75) is 19.5 Å². The van der Waals surface area contributed by atoms with Gasteiger partial charge in [-0.1, -0.05) is 30.3 Å². The first-order valence-corrected chi connectivity index (χ1v) is 12.3. The molecule has 0 radical (unpaired) electrons. The number of likely N-dealkylation sites (tertiary alicyclic amines) is 1. The molecule has 2 N–H and O–H groups in total. The van der Waals surface area contributed by atoms with Crippen LogP contribution < -0.4 is 10.1 Å². The number of piperidine rings is 1. The molecular weight excluding hydrogens is 428 g/mol. The predicted molar refractivity (Wildman–Crippen MR) is 134 cm³/mol. The molecule has 2 atom stereocenters. The number of aromatic hydroxyl groups is 1. The van der Waals surface area contributed by atoms with Crippen molar-refractivity contribution in [2.24, 2.45) is 11.8 Å². The summed E-state index contributed by atoms with van der Waals surface area (Å²) in [6.45, 7) is 8.43. The molecule has 2 heterocycles. The summed E-state index contributed by atoms with van der Waals surface area (Å²) in [5.74, 6) is 1.61. The zero-order valence-corrected chi connectivity index (χ0v) is 20.4. The lowest BCUT2D eigenvalue weighted by atomic mass is 9.87. The van der Waals surface area contributed by atoms with Gasteiger partial charge in [0.2, 0.25) is 5.91 Å². The third-order valence-electron chi connectivity index (χ3n) is 7.08. The minimum Gasteiger partial charge on any atom is -0.508 e. The molecule has 34 heavy (non-hydrogen) atoms. The van der Waals surface area contributed by atoms with Gasteiger partial charge in [-0.2, -0.15) is 0 Å². The number of phenolic OH excluding ortho intramolecular Hbond substituents is 1. The van der Waals surface area contributed by atoms with E-state index in [1.165, 1.54) is 0 Å². The van der Waals surface area contributed by atoms with Gasteiger partial charge in [-0.05, 0) is 43.1 Å². The molecule has 7 heteroatoms. The number of carbonyl (C=O) groups excluding carboxylic acids is 1. The molecule has 184 valence electrons. The maximum atomic E-state index is 13.3. The van der Waals surface area contributed by atoms with Crippen LogP contribution in [0, 0.1) is 11.8 Å². The topological polar surface area (TPSA) is 68.3 Å². The number of likely N-dealkylation sites (N-methyl/N-ethyl adjacent to an activating group) is 1. The van der Waals surface area contributed by atoms with Crippen molar-refractivity contribution in [2.75, 3.05) is 60.0 Å². The van der Waals surface area contributed by atoms with E-state index in [2.05, 4.69) is 27.1 Å². The van der Waals surface area contributed by atoms with Crippen LogP contribution in [0.1, 0.15) is 17.5 Å². The number of nitrogens with one attached hydrogen (secondary N) is 1. The van der Waals surface area contributed by atoms with E-state index in [0.29, 0.717) is 12.5 Å². The average molecular weight is 467 g/mol. The Morgan fingerprint density at radius 2 is 1.76 bits per heavy atom. The van der Waals surface area contributed by atoms with Crippen LogP contribution in [0.2, 0.25) is 0 Å². The smallest absolute Gasteiger partial charge is 0.224 e. The summed E-state index contributed by atoms with van der Waals surface area (Å²) >= 11 is 0. The number of hydrogen-bond donors (Lipinski definition) is 2. The molecule has 0 bridgehead atoms. The summed E-state index contributed by atoms with van der Waals surface area (Å²) in [6.07, 6.45) is 0.913. The van der Waals surface area contributed by atoms with Crippen molar-refractivity contribution >= 4 is 5.91 Å². The Labute approximate surface area is 203 Å². The second kappa shape index (κ2) is 11.7. The van der Waals surface area contributed by atoms with Crippen LogP contribution in [-0.4, -0.2) is 85.7 Å². The van der Waals surface area contributed by atoms with Crippen molar-refractivity contribution in [1.29, 1.82) is 0 Å². The van der Waals surface area contributed by atoms with Gasteiger partial charge in [0.15, 0.2) is 0 Å². The van der Waals surface area contributed by atoms with E-state index in [-0.39, 0.29) is 17.6 Å². The summed E-state index contributed by atoms with van der Waals surface area (Å²) in [7, 11) is 3.84. The van der Waals surface area contributed by atoms with Gasteiger partial charge in [0.25, 0.3) is 0 Å². The van der Waals surface area contributed by atoms with Gasteiger partial charge in [-0.3, -0.25) is 9.69 Å². The summed E-state index contributed by atoms with van der Waals surface area (Å²) in [6, 6.07) is 15.2. The van der Waals surface area contributed by atoms with Gasteiger partial charge in [0, 0.05) is 64.5 Å². The fraction of sp³-hybridized carbons (Fsp3) is 0.519. The molecule has 2 aliphatic rings. The maximum absolute atomic E-state index is 13.3. The Kier molecular flexibility index (Phi) is 8.43. The van der Waals surface area contributed by atoms with Crippen molar-refractivity contribution in [3.63, 3.8) is 0 Å². The minimum absolute atomic E-state index is 0.0435. The van der Waals surface area contributed by atoms with E-state index < -0.39 is 0 Å². The Hall–Kier alpha value is -2.61. The lowest BCUT2D eigenvalue weighted by molar-refractivity contribution is -0.128. The third-order valence-corrected chi connectivity index (χ3v) is 7.08. The van der Waals surface area contributed by atoms with Crippen LogP contribution in [0.3, 0.4) is 0 Å². The summed E-state index contributed by atoms with van der Waals surface area (Å²) in [4.78, 5) is 20.6. The standard InChI is InChI=1S/C27H38N4O3/c1-29-11-13-30(14-12-29)18-22-15-24(20-31(19-22)17-21-7-9-25(32)10-8-21)27(33)28-16-23-5-3-4-6-26(23)34-2/h3-10,22,24,32H,11-20H2,1-2H3,(H,28,33)/t22-,24-/m1/s1. The summed E-state index contributed by atoms with van der Waals surface area (Å²) < 4.78 is 5.44. The van der Waals surface area contributed by atoms with Gasteiger partial charge in [0.1, 0.15) is 11.5 Å². The molecule has 0 aromatic heterocycles. The van der Waals surface area contributed by atoms with E-state index >= 15 is 0 Å². The highest BCUT2D eigenvalue weighted by Gasteiger charge is 2.33. The Bertz CT molecular complexity index is 928. The lowest BCUT2D eigenvalue weighted by Crippen LogP contribution is -2.51. The number of nitrogens with zero attached hydrogens (tertiary/aromatic N) is 3. The number of rotatable bonds is 8. The Morgan fingerprint density at radius 3 is 2.50 bits per heavy atom. The molecule has 2 aromatic carbocycles. The molecule has 1 amide bonds. The van der Waals surface area contributed by atoms with Crippen LogP contribution in [0.5, 0.6) is 11.5 Å². The Morgan fingerprint density at radius 1 is 1.03 bits per heavy atom. The highest BCUT2D eigenvalue weighted by molar-refractivity contribution is 5.79. The largest absolute Gasteiger partial charge is 0.508 e. The van der Waals surface area contributed by atoms with Gasteiger partial charge in [-0.15, -0.1) is 0 Å². The molecule has 0 unspecified atom stereocenters. The van der Waals surface area contributed by atoms with E-state index in [0.717, 1.165) is 75.7 Å². The molecule has 2 aromatic rings. The number of benzene rings is 2. The first kappa shape index (κ1) is 24.5. The molecule has 2 fully saturated rings. The van der Waals surface area contributed by atoms with E-state index in [1.807, 2.05) is 36.4 Å². The van der Waals surface area contributed by atoms with Crippen LogP contribution in [0.15, 0.2) is 48.5 Å². The first-order valence-electron chi connectivity index (χ1n) is 12.3. The monoisotopic (exact) mass is 466 g/mol. The normalized spacial score (nSPS) is 22.4. The molecule has 0 saturated carbocycles. The number of piperazine rings is 1. The number of para-hydroxylation sites is 1. The van der Waals surface area contributed by atoms with Gasteiger partial charge >= 0.3 is 0 Å². The summed E-state index contributed by atoms with van der Waals surface area (Å²) in [5.41, 5.74) is 2.15. The number of amides is 1. The number of phenols is 1. The van der Waals surface area contributed by atoms with Crippen LogP contribution in [0.25, 0.3) is 0 Å². The first-order chi connectivity index (χ1) is 16.5. The van der Waals surface area contributed by atoms with Crippen molar-refractivity contribution < 1.29 is 14.6 Å². The van der Waals surface area contributed by atoms with E-state index in [4.69, 9.17) is 4.74 Å². The fourth-order valence-electron chi connectivity index (χ4n) is 5.18. The highest BCUT2D eigenvalue weighted by atomic mass is 16.5. The molecule has 2 aliphatic heterocycles. The lowest BCUT2D eigenvalue weighted by Gasteiger charge is -2.41. The second-order valence-corrected chi connectivity index (χ2v) is 9.79. The number of carbonyl (C=O) groups is 1. The van der Waals surface area contributed by atoms with Crippen molar-refractivity contribution in [3.05, 3.63) is 59.7 Å². The van der Waals surface area contributed by atoms with Gasteiger partial charge < -0.3 is 25.0 Å². The molecule has 4 rings (SSSR count). The SMILES string of the molecule is COc1ccccc1CNC(=O)[C@@H]1C[C@H](CN2CCN(C)CC2)CN(Cc2ccc(O)cc2)C1. The Balaban J connectivity index is 1.41. The number of hydrogen-bond acceptors (Lipinski definition) is 6. The van der Waals surface area contributed by atoms with Gasteiger partial charge in [0.05, 0.1) is 13.0 Å². The molecular formula is C27H38N4O3. The number of methoxy groups -OCH3 is 1. The van der Waals surface area contributed by atoms with Crippen LogP contribution in [0.4, 0.5) is 0 Å². The van der Waals surface area contributed by atoms with E-state index in [9.17, 15) is 9.90 Å². The zero-order valence-electron chi connectivity index (χ0n) is 20.4. The van der Waals surface area contributed by atoms with Gasteiger partial charge in [-0.25, -0.2) is 0 Å². The average Bonchev–Trinajstić information content (AvgIpc) is 2.85. The quantitative estimate of drug-likeness (QED) is 0.623. The summed E-state index contributed by atoms with van der Waals surface area (Å²) in [5, 5.41) is 12.8.